The van der Waals surface area contributed by atoms with Gasteiger partial charge in [-0.1, -0.05) is 0 Å². The summed E-state index contributed by atoms with van der Waals surface area (Å²) in [5, 5.41) is 46.4. The van der Waals surface area contributed by atoms with Crippen molar-refractivity contribution in [2.24, 2.45) is 0 Å². The second-order valence-corrected chi connectivity index (χ2v) is 3.92. The third kappa shape index (κ3) is 2.88. The molecule has 0 bridgehead atoms. The van der Waals surface area contributed by atoms with E-state index in [1.807, 2.05) is 12.1 Å². The molecule has 98 valence electrons. The van der Waals surface area contributed by atoms with Crippen LogP contribution >= 0.6 is 0 Å². The molecule has 0 amide bonds. The molecule has 8 heteroatoms. The van der Waals surface area contributed by atoms with Crippen molar-refractivity contribution in [1.29, 1.82) is 26.3 Å². The fourth-order valence-electron chi connectivity index (χ4n) is 1.99. The van der Waals surface area contributed by atoms with Gasteiger partial charge in [-0.15, -0.1) is 4.57 Å². The average Bonchev–Trinajstić information content (AvgIpc) is 2.59. The fraction of sp³-hybridized carbons (Fsp3) is 0. The third-order valence-corrected chi connectivity index (χ3v) is 2.89. The largest absolute Gasteiger partial charge is 1.00 e. The van der Waals surface area contributed by atoms with Crippen molar-refractivity contribution in [3.8, 4) is 36.0 Å². The van der Waals surface area contributed by atoms with Crippen LogP contribution in [0, 0.1) is 56.7 Å². The molecule has 0 unspecified atom stereocenters. The van der Waals surface area contributed by atoms with Crippen molar-refractivity contribution in [2.75, 3.05) is 0 Å². The van der Waals surface area contributed by atoms with E-state index >= 15 is 0 Å². The van der Waals surface area contributed by atoms with Gasteiger partial charge in [-0.05, 0) is 0 Å². The van der Waals surface area contributed by atoms with Crippen LogP contribution in [0.2, 0.25) is 0 Å². The first kappa shape index (κ1) is 17.8. The van der Waals surface area contributed by atoms with Gasteiger partial charge in [-0.3, -0.25) is 4.98 Å². The summed E-state index contributed by atoms with van der Waals surface area (Å²) >= 11 is 0. The maximum Gasteiger partial charge on any atom is 1.00 e. The number of aromatic nitrogens is 2. The zero-order valence-corrected chi connectivity index (χ0v) is 13.9. The molecule has 2 aromatic rings. The number of hydrogen-bond donors (Lipinski definition) is 0. The summed E-state index contributed by atoms with van der Waals surface area (Å²) in [5.41, 5.74) is -0.722. The standard InChI is InChI=1S/C15H4N7.Na/c16-5-11-12(6-17)14(8-19)22(10-1-3-21-4-2-10)15(9-20)13(11)7-18;/h1-4H;/q2*+1. The first-order valence-electron chi connectivity index (χ1n) is 5.80. The Balaban J connectivity index is 0.00000264. The van der Waals surface area contributed by atoms with Gasteiger partial charge < -0.3 is 0 Å². The Labute approximate surface area is 153 Å². The van der Waals surface area contributed by atoms with Crippen LogP contribution in [-0.2, 0) is 0 Å². The molecular formula is C15H4N7Na+2. The van der Waals surface area contributed by atoms with Crippen molar-refractivity contribution in [1.82, 2.24) is 4.98 Å². The van der Waals surface area contributed by atoms with Gasteiger partial charge in [0.1, 0.15) is 23.8 Å². The van der Waals surface area contributed by atoms with Crippen LogP contribution in [0.4, 0.5) is 0 Å². The molecule has 0 radical (unpaired) electrons. The third-order valence-electron chi connectivity index (χ3n) is 2.89. The quantitative estimate of drug-likeness (QED) is 0.430. The van der Waals surface area contributed by atoms with Crippen LogP contribution in [0.15, 0.2) is 24.5 Å². The molecule has 0 aromatic carbocycles. The van der Waals surface area contributed by atoms with Gasteiger partial charge in [0.2, 0.25) is 5.69 Å². The van der Waals surface area contributed by atoms with E-state index in [1.54, 1.807) is 18.2 Å². The zero-order chi connectivity index (χ0) is 16.1. The van der Waals surface area contributed by atoms with Crippen LogP contribution in [0.25, 0.3) is 5.69 Å². The Morgan fingerprint density at radius 1 is 0.696 bits per heavy atom. The summed E-state index contributed by atoms with van der Waals surface area (Å²) in [7, 11) is 0. The first-order valence-corrected chi connectivity index (χ1v) is 5.80. The summed E-state index contributed by atoms with van der Waals surface area (Å²) in [6, 6.07) is 11.9. The minimum absolute atomic E-state index is 0. The van der Waals surface area contributed by atoms with Gasteiger partial charge in [0.05, 0.1) is 0 Å². The molecule has 0 aliphatic heterocycles. The molecule has 0 saturated heterocycles. The van der Waals surface area contributed by atoms with Crippen molar-refractivity contribution < 1.29 is 34.1 Å². The van der Waals surface area contributed by atoms with Crippen LogP contribution in [-0.4, -0.2) is 4.98 Å². The van der Waals surface area contributed by atoms with Gasteiger partial charge in [0, 0.05) is 24.5 Å². The maximum atomic E-state index is 9.36. The van der Waals surface area contributed by atoms with Crippen molar-refractivity contribution in [2.45, 2.75) is 0 Å². The van der Waals surface area contributed by atoms with Crippen molar-refractivity contribution in [3.05, 3.63) is 52.6 Å². The van der Waals surface area contributed by atoms with Gasteiger partial charge in [0.25, 0.3) is 0 Å². The summed E-state index contributed by atoms with van der Waals surface area (Å²) < 4.78 is 1.18. The number of nitriles is 5. The van der Waals surface area contributed by atoms with E-state index in [1.165, 1.54) is 29.1 Å². The second kappa shape index (κ2) is 7.67. The minimum atomic E-state index is -0.275. The van der Waals surface area contributed by atoms with Crippen molar-refractivity contribution in [3.63, 3.8) is 0 Å². The molecule has 0 aliphatic carbocycles. The molecule has 0 N–H and O–H groups in total. The van der Waals surface area contributed by atoms with Crippen LogP contribution < -0.4 is 34.1 Å². The Kier molecular flexibility index (Phi) is 5.94. The SMILES string of the molecule is N#Cc1c(C#N)c(C#N)[n+](-c2ccncc2)c(C#N)c1C#N.[Na+]. The van der Waals surface area contributed by atoms with Gasteiger partial charge in [0.15, 0.2) is 23.3 Å². The maximum absolute atomic E-state index is 9.36. The number of pyridine rings is 2. The molecule has 0 spiro atoms. The Morgan fingerprint density at radius 2 is 1.13 bits per heavy atom. The predicted octanol–water partition coefficient (Wildman–Crippen LogP) is -2.28. The summed E-state index contributed by atoms with van der Waals surface area (Å²) in [6.45, 7) is 0. The van der Waals surface area contributed by atoms with E-state index in [9.17, 15) is 26.3 Å². The summed E-state index contributed by atoms with van der Waals surface area (Å²) in [6.07, 6.45) is 2.89. The molecule has 2 heterocycles. The summed E-state index contributed by atoms with van der Waals surface area (Å²) in [4.78, 5) is 3.84. The van der Waals surface area contributed by atoms with E-state index in [0.29, 0.717) is 5.69 Å². The average molecular weight is 305 g/mol. The van der Waals surface area contributed by atoms with E-state index in [2.05, 4.69) is 4.98 Å². The topological polar surface area (TPSA) is 136 Å². The van der Waals surface area contributed by atoms with E-state index < -0.39 is 0 Å². The molecule has 0 atom stereocenters. The molecule has 0 aliphatic rings. The molecule has 7 nitrogen and oxygen atoms in total. The first-order chi connectivity index (χ1) is 10.7. The fourth-order valence-corrected chi connectivity index (χ4v) is 1.99. The molecule has 0 fully saturated rings. The van der Waals surface area contributed by atoms with Crippen LogP contribution in [0.3, 0.4) is 0 Å². The molecule has 0 saturated carbocycles. The number of rotatable bonds is 1. The van der Waals surface area contributed by atoms with E-state index in [4.69, 9.17) is 0 Å². The van der Waals surface area contributed by atoms with E-state index in [-0.39, 0.29) is 57.6 Å². The Morgan fingerprint density at radius 3 is 1.48 bits per heavy atom. The normalized spacial score (nSPS) is 8.30. The van der Waals surface area contributed by atoms with E-state index in [0.717, 1.165) is 0 Å². The van der Waals surface area contributed by atoms with Crippen LogP contribution in [0.1, 0.15) is 28.1 Å². The second-order valence-electron chi connectivity index (χ2n) is 3.92. The molecule has 2 aromatic heterocycles. The molecule has 2 rings (SSSR count). The molecule has 23 heavy (non-hydrogen) atoms. The van der Waals surface area contributed by atoms with Gasteiger partial charge in [-0.2, -0.15) is 26.3 Å². The Bertz CT molecular complexity index is 924. The van der Waals surface area contributed by atoms with Gasteiger partial charge in [-0.25, -0.2) is 0 Å². The smallest absolute Gasteiger partial charge is 0.264 e. The van der Waals surface area contributed by atoms with Crippen molar-refractivity contribution >= 4 is 0 Å². The monoisotopic (exact) mass is 305 g/mol. The van der Waals surface area contributed by atoms with Gasteiger partial charge >= 0.3 is 40.9 Å². The molecular weight excluding hydrogens is 301 g/mol. The minimum Gasteiger partial charge on any atom is -0.264 e. The summed E-state index contributed by atoms with van der Waals surface area (Å²) in [5.74, 6) is 0. The number of hydrogen-bond acceptors (Lipinski definition) is 6. The Hall–Kier alpha value is -3.25. The number of nitrogens with zero attached hydrogens (tertiary/aromatic N) is 7. The van der Waals surface area contributed by atoms with Crippen LogP contribution in [0.5, 0.6) is 0 Å². The predicted molar refractivity (Wildman–Crippen MR) is 69.3 cm³/mol. The zero-order valence-electron chi connectivity index (χ0n) is 11.9.